The van der Waals surface area contributed by atoms with Gasteiger partial charge in [0.2, 0.25) is 5.89 Å². The second-order valence-corrected chi connectivity index (χ2v) is 6.95. The summed E-state index contributed by atoms with van der Waals surface area (Å²) in [5.41, 5.74) is 1.45. The van der Waals surface area contributed by atoms with E-state index in [0.29, 0.717) is 30.5 Å². The molecule has 1 fully saturated rings. The maximum absolute atomic E-state index is 13.3. The van der Waals surface area contributed by atoms with E-state index in [1.165, 1.54) is 18.6 Å². The van der Waals surface area contributed by atoms with Gasteiger partial charge in [0.05, 0.1) is 12.2 Å². The predicted molar refractivity (Wildman–Crippen MR) is 92.3 cm³/mol. The number of furan rings is 1. The molecule has 1 aliphatic carbocycles. The normalized spacial score (nSPS) is 19.5. The van der Waals surface area contributed by atoms with Gasteiger partial charge in [-0.2, -0.15) is 0 Å². The lowest BCUT2D eigenvalue weighted by Crippen LogP contribution is -2.17. The molecule has 0 unspecified atom stereocenters. The molecular formula is C20H21FN2O2. The Labute approximate surface area is 146 Å². The third-order valence-electron chi connectivity index (χ3n) is 4.64. The van der Waals surface area contributed by atoms with Crippen molar-refractivity contribution in [2.45, 2.75) is 32.4 Å². The number of hydrogen-bond acceptors (Lipinski definition) is 4. The van der Waals surface area contributed by atoms with Gasteiger partial charge in [0, 0.05) is 18.0 Å². The van der Waals surface area contributed by atoms with E-state index in [-0.39, 0.29) is 5.82 Å². The Morgan fingerprint density at radius 2 is 2.08 bits per heavy atom. The van der Waals surface area contributed by atoms with Gasteiger partial charge in [-0.3, -0.25) is 4.90 Å². The molecule has 130 valence electrons. The molecule has 0 aliphatic heterocycles. The van der Waals surface area contributed by atoms with Crippen molar-refractivity contribution in [2.24, 2.45) is 5.92 Å². The number of benzene rings is 1. The van der Waals surface area contributed by atoms with Crippen LogP contribution in [0.2, 0.25) is 0 Å². The van der Waals surface area contributed by atoms with Crippen molar-refractivity contribution in [1.29, 1.82) is 0 Å². The lowest BCUT2D eigenvalue weighted by Gasteiger charge is -2.12. The molecule has 1 aromatic carbocycles. The lowest BCUT2D eigenvalue weighted by molar-refractivity contribution is 0.280. The Hall–Kier alpha value is -2.40. The number of rotatable bonds is 6. The van der Waals surface area contributed by atoms with Gasteiger partial charge in [-0.25, -0.2) is 9.37 Å². The van der Waals surface area contributed by atoms with Gasteiger partial charge < -0.3 is 8.83 Å². The predicted octanol–water partition coefficient (Wildman–Crippen LogP) is 4.83. The number of aromatic nitrogens is 1. The monoisotopic (exact) mass is 340 g/mol. The molecule has 0 saturated heterocycles. The molecule has 3 aromatic rings. The van der Waals surface area contributed by atoms with Gasteiger partial charge in [-0.1, -0.05) is 13.0 Å². The quantitative estimate of drug-likeness (QED) is 0.644. The SMILES string of the molecule is C[C@H]1C[C@H]1c1ccc(CN(C)Cc2coc(-c3cccc(F)c3)n2)o1. The summed E-state index contributed by atoms with van der Waals surface area (Å²) in [5, 5.41) is 0. The molecule has 0 spiro atoms. The standard InChI is InChI=1S/C20H21FN2O2/c1-13-8-18(13)19-7-6-17(25-19)11-23(2)10-16-12-24-20(22-16)14-4-3-5-15(21)9-14/h3-7,9,12-13,18H,8,10-11H2,1-2H3/t13-,18+/m0/s1. The first-order chi connectivity index (χ1) is 12.1. The van der Waals surface area contributed by atoms with Crippen molar-refractivity contribution in [1.82, 2.24) is 9.88 Å². The van der Waals surface area contributed by atoms with Crippen molar-refractivity contribution in [3.8, 4) is 11.5 Å². The fraction of sp³-hybridized carbons (Fsp3) is 0.350. The van der Waals surface area contributed by atoms with Crippen LogP contribution in [0.15, 0.2) is 51.5 Å². The summed E-state index contributed by atoms with van der Waals surface area (Å²) in [6.07, 6.45) is 2.85. The minimum atomic E-state index is -0.298. The maximum Gasteiger partial charge on any atom is 0.226 e. The summed E-state index contributed by atoms with van der Waals surface area (Å²) in [6.45, 7) is 3.59. The highest BCUT2D eigenvalue weighted by Gasteiger charge is 2.36. The Morgan fingerprint density at radius 1 is 1.24 bits per heavy atom. The highest BCUT2D eigenvalue weighted by Crippen LogP contribution is 2.47. The second kappa shape index (κ2) is 6.48. The molecule has 0 radical (unpaired) electrons. The van der Waals surface area contributed by atoms with Crippen molar-refractivity contribution in [3.05, 3.63) is 65.7 Å². The maximum atomic E-state index is 13.3. The minimum absolute atomic E-state index is 0.298. The van der Waals surface area contributed by atoms with E-state index >= 15 is 0 Å². The molecule has 2 aromatic heterocycles. The Morgan fingerprint density at radius 3 is 2.84 bits per heavy atom. The zero-order valence-electron chi connectivity index (χ0n) is 14.4. The average molecular weight is 340 g/mol. The van der Waals surface area contributed by atoms with Crippen molar-refractivity contribution in [3.63, 3.8) is 0 Å². The zero-order valence-corrected chi connectivity index (χ0v) is 14.4. The first-order valence-electron chi connectivity index (χ1n) is 8.56. The molecule has 0 bridgehead atoms. The highest BCUT2D eigenvalue weighted by atomic mass is 19.1. The molecule has 5 heteroatoms. The van der Waals surface area contributed by atoms with Crippen LogP contribution in [-0.4, -0.2) is 16.9 Å². The average Bonchev–Trinajstić information content (AvgIpc) is 2.99. The molecule has 1 saturated carbocycles. The van der Waals surface area contributed by atoms with E-state index in [9.17, 15) is 4.39 Å². The number of nitrogens with zero attached hydrogens (tertiary/aromatic N) is 2. The van der Waals surface area contributed by atoms with Gasteiger partial charge in [0.25, 0.3) is 0 Å². The second-order valence-electron chi connectivity index (χ2n) is 6.95. The molecule has 4 rings (SSSR count). The fourth-order valence-electron chi connectivity index (χ4n) is 3.13. The van der Waals surface area contributed by atoms with Crippen LogP contribution in [0.4, 0.5) is 4.39 Å². The van der Waals surface area contributed by atoms with Gasteiger partial charge in [-0.15, -0.1) is 0 Å². The summed E-state index contributed by atoms with van der Waals surface area (Å²) in [5.74, 6) is 3.55. The van der Waals surface area contributed by atoms with Crippen LogP contribution in [0.25, 0.3) is 11.5 Å². The molecule has 0 amide bonds. The smallest absolute Gasteiger partial charge is 0.226 e. The van der Waals surface area contributed by atoms with Crippen molar-refractivity contribution < 1.29 is 13.2 Å². The Balaban J connectivity index is 1.38. The van der Waals surface area contributed by atoms with Crippen molar-refractivity contribution >= 4 is 0 Å². The molecule has 2 heterocycles. The number of halogens is 1. The van der Waals surface area contributed by atoms with Crippen LogP contribution >= 0.6 is 0 Å². The van der Waals surface area contributed by atoms with E-state index in [0.717, 1.165) is 23.1 Å². The minimum Gasteiger partial charge on any atom is -0.464 e. The number of oxazole rings is 1. The zero-order chi connectivity index (χ0) is 17.4. The van der Waals surface area contributed by atoms with E-state index in [2.05, 4.69) is 28.9 Å². The summed E-state index contributed by atoms with van der Waals surface area (Å²) < 4.78 is 24.7. The molecule has 0 N–H and O–H groups in total. The van der Waals surface area contributed by atoms with Crippen LogP contribution in [0.1, 0.15) is 36.5 Å². The van der Waals surface area contributed by atoms with Crippen molar-refractivity contribution in [2.75, 3.05) is 7.05 Å². The summed E-state index contributed by atoms with van der Waals surface area (Å²) in [7, 11) is 2.01. The van der Waals surface area contributed by atoms with Crippen LogP contribution in [0.3, 0.4) is 0 Å². The topological polar surface area (TPSA) is 42.4 Å². The molecule has 2 atom stereocenters. The first kappa shape index (κ1) is 16.1. The van der Waals surface area contributed by atoms with Crippen LogP contribution in [0.5, 0.6) is 0 Å². The van der Waals surface area contributed by atoms with E-state index < -0.39 is 0 Å². The highest BCUT2D eigenvalue weighted by molar-refractivity contribution is 5.52. The third kappa shape index (κ3) is 3.66. The fourth-order valence-corrected chi connectivity index (χ4v) is 3.13. The van der Waals surface area contributed by atoms with E-state index in [1.54, 1.807) is 18.4 Å². The Bertz CT molecular complexity index is 870. The molecular weight excluding hydrogens is 319 g/mol. The summed E-state index contributed by atoms with van der Waals surface area (Å²) in [6, 6.07) is 10.4. The lowest BCUT2D eigenvalue weighted by atomic mass is 10.2. The van der Waals surface area contributed by atoms with E-state index in [1.807, 2.05) is 7.05 Å². The van der Waals surface area contributed by atoms with Crippen LogP contribution in [-0.2, 0) is 13.1 Å². The van der Waals surface area contributed by atoms with Gasteiger partial charge in [0.1, 0.15) is 23.6 Å². The third-order valence-corrected chi connectivity index (χ3v) is 4.64. The first-order valence-corrected chi connectivity index (χ1v) is 8.56. The van der Waals surface area contributed by atoms with Crippen LogP contribution in [0, 0.1) is 11.7 Å². The molecule has 1 aliphatic rings. The summed E-state index contributed by atoms with van der Waals surface area (Å²) >= 11 is 0. The van der Waals surface area contributed by atoms with Gasteiger partial charge >= 0.3 is 0 Å². The number of hydrogen-bond donors (Lipinski definition) is 0. The molecule has 25 heavy (non-hydrogen) atoms. The van der Waals surface area contributed by atoms with Gasteiger partial charge in [0.15, 0.2) is 0 Å². The molecule has 4 nitrogen and oxygen atoms in total. The largest absolute Gasteiger partial charge is 0.464 e. The van der Waals surface area contributed by atoms with Gasteiger partial charge in [-0.05, 0) is 49.7 Å². The van der Waals surface area contributed by atoms with Crippen LogP contribution < -0.4 is 0 Å². The Kier molecular flexibility index (Phi) is 4.17. The summed E-state index contributed by atoms with van der Waals surface area (Å²) in [4.78, 5) is 6.57. The van der Waals surface area contributed by atoms with E-state index in [4.69, 9.17) is 8.83 Å².